The van der Waals surface area contributed by atoms with Gasteiger partial charge in [-0.1, -0.05) is 5.92 Å². The minimum Gasteiger partial charge on any atom is -0.481 e. The molecular weight excluding hydrogens is 320 g/mol. The van der Waals surface area contributed by atoms with Gasteiger partial charge >= 0.3 is 0 Å². The number of rotatable bonds is 5. The molecule has 2 aromatic rings. The van der Waals surface area contributed by atoms with Crippen LogP contribution in [0.25, 0.3) is 0 Å². The molecule has 1 aromatic carbocycles. The summed E-state index contributed by atoms with van der Waals surface area (Å²) in [4.78, 5) is 26.5. The van der Waals surface area contributed by atoms with E-state index in [1.807, 2.05) is 0 Å². The van der Waals surface area contributed by atoms with E-state index in [1.165, 1.54) is 0 Å². The Bertz CT molecular complexity index is 778. The van der Waals surface area contributed by atoms with E-state index in [9.17, 15) is 9.59 Å². The minimum atomic E-state index is -0.225. The van der Waals surface area contributed by atoms with Crippen LogP contribution in [0.1, 0.15) is 16.8 Å². The average molecular weight is 338 g/mol. The first kappa shape index (κ1) is 16.6. The van der Waals surface area contributed by atoms with E-state index in [0.717, 1.165) is 0 Å². The highest BCUT2D eigenvalue weighted by Gasteiger charge is 2.31. The third kappa shape index (κ3) is 3.98. The second-order valence-electron chi connectivity index (χ2n) is 5.73. The first-order valence-electron chi connectivity index (χ1n) is 7.92. The zero-order valence-corrected chi connectivity index (χ0v) is 13.6. The molecule has 1 fully saturated rings. The van der Waals surface area contributed by atoms with Crippen molar-refractivity contribution in [3.05, 3.63) is 42.2 Å². The van der Waals surface area contributed by atoms with Crippen LogP contribution in [0.2, 0.25) is 0 Å². The number of likely N-dealkylation sites (tertiary alicyclic amines) is 1. The Morgan fingerprint density at radius 3 is 2.88 bits per heavy atom. The van der Waals surface area contributed by atoms with Crippen molar-refractivity contribution in [3.63, 3.8) is 0 Å². The maximum atomic E-state index is 12.6. The summed E-state index contributed by atoms with van der Waals surface area (Å²) in [7, 11) is 0. The number of hydrogen-bond donors (Lipinski definition) is 2. The van der Waals surface area contributed by atoms with Gasteiger partial charge in [0.05, 0.1) is 17.8 Å². The van der Waals surface area contributed by atoms with E-state index in [-0.39, 0.29) is 24.3 Å². The van der Waals surface area contributed by atoms with Gasteiger partial charge in [-0.2, -0.15) is 5.10 Å². The molecule has 1 aliphatic heterocycles. The van der Waals surface area contributed by atoms with Gasteiger partial charge in [0.25, 0.3) is 5.91 Å². The monoisotopic (exact) mass is 338 g/mol. The van der Waals surface area contributed by atoms with Crippen LogP contribution in [-0.4, -0.2) is 46.6 Å². The van der Waals surface area contributed by atoms with Gasteiger partial charge in [0.15, 0.2) is 0 Å². The number of terminal acetylenes is 1. The standard InChI is InChI=1S/C18H18N4O3/c1-2-9-25-16-5-3-13(4-6-16)18(24)22-8-7-14(12-22)17(23)21-15-10-19-20-11-15/h1,3-6,10-11,14H,7-9,12H2,(H,19,20)(H,21,23). The van der Waals surface area contributed by atoms with Gasteiger partial charge in [-0.05, 0) is 30.7 Å². The summed E-state index contributed by atoms with van der Waals surface area (Å²) in [6.07, 6.45) is 8.93. The molecule has 1 aliphatic rings. The Balaban J connectivity index is 1.57. The molecule has 1 aromatic heterocycles. The number of anilines is 1. The van der Waals surface area contributed by atoms with Crippen LogP contribution in [0.5, 0.6) is 5.75 Å². The van der Waals surface area contributed by atoms with Crippen molar-refractivity contribution in [2.45, 2.75) is 6.42 Å². The number of benzene rings is 1. The lowest BCUT2D eigenvalue weighted by molar-refractivity contribution is -0.119. The summed E-state index contributed by atoms with van der Waals surface area (Å²) in [5.41, 5.74) is 1.18. The number of hydrogen-bond acceptors (Lipinski definition) is 4. The summed E-state index contributed by atoms with van der Waals surface area (Å²) in [6, 6.07) is 6.83. The van der Waals surface area contributed by atoms with Crippen LogP contribution >= 0.6 is 0 Å². The van der Waals surface area contributed by atoms with E-state index in [1.54, 1.807) is 41.6 Å². The Morgan fingerprint density at radius 1 is 1.40 bits per heavy atom. The minimum absolute atomic E-state index is 0.0953. The summed E-state index contributed by atoms with van der Waals surface area (Å²) in [5, 5.41) is 9.21. The zero-order valence-electron chi connectivity index (χ0n) is 13.6. The highest BCUT2D eigenvalue weighted by molar-refractivity contribution is 5.96. The molecule has 1 saturated heterocycles. The number of amides is 2. The first-order valence-corrected chi connectivity index (χ1v) is 7.92. The van der Waals surface area contributed by atoms with Crippen LogP contribution in [0.3, 0.4) is 0 Å². The largest absolute Gasteiger partial charge is 0.481 e. The Labute approximate surface area is 145 Å². The molecule has 2 amide bonds. The molecule has 3 rings (SSSR count). The number of nitrogens with zero attached hydrogens (tertiary/aromatic N) is 2. The second kappa shape index (κ2) is 7.53. The summed E-state index contributed by atoms with van der Waals surface area (Å²) in [5.74, 6) is 2.58. The SMILES string of the molecule is C#CCOc1ccc(C(=O)N2CCC(C(=O)Nc3cn[nH]c3)C2)cc1. The topological polar surface area (TPSA) is 87.3 Å². The molecule has 0 spiro atoms. The van der Waals surface area contributed by atoms with E-state index in [2.05, 4.69) is 21.4 Å². The Kier molecular flexibility index (Phi) is 5.00. The molecule has 0 bridgehead atoms. The van der Waals surface area contributed by atoms with Crippen molar-refractivity contribution >= 4 is 17.5 Å². The number of aromatic amines is 1. The zero-order chi connectivity index (χ0) is 17.6. The fourth-order valence-corrected chi connectivity index (χ4v) is 2.72. The molecule has 7 heteroatoms. The summed E-state index contributed by atoms with van der Waals surface area (Å²) < 4.78 is 5.29. The molecule has 1 unspecified atom stereocenters. The predicted octanol–water partition coefficient (Wildman–Crippen LogP) is 1.52. The van der Waals surface area contributed by atoms with Gasteiger partial charge in [0, 0.05) is 24.8 Å². The van der Waals surface area contributed by atoms with Gasteiger partial charge in [-0.3, -0.25) is 14.7 Å². The number of aromatic nitrogens is 2. The van der Waals surface area contributed by atoms with Gasteiger partial charge in [-0.25, -0.2) is 0 Å². The molecule has 1 atom stereocenters. The smallest absolute Gasteiger partial charge is 0.253 e. The number of ether oxygens (including phenoxy) is 1. The van der Waals surface area contributed by atoms with E-state index in [0.29, 0.717) is 36.5 Å². The molecule has 0 radical (unpaired) electrons. The van der Waals surface area contributed by atoms with Crippen molar-refractivity contribution in [3.8, 4) is 18.1 Å². The normalized spacial score (nSPS) is 16.3. The van der Waals surface area contributed by atoms with Crippen LogP contribution in [0.4, 0.5) is 5.69 Å². The summed E-state index contributed by atoms with van der Waals surface area (Å²) >= 11 is 0. The highest BCUT2D eigenvalue weighted by atomic mass is 16.5. The van der Waals surface area contributed by atoms with Crippen LogP contribution in [0.15, 0.2) is 36.7 Å². The van der Waals surface area contributed by atoms with Crippen molar-refractivity contribution in [1.29, 1.82) is 0 Å². The number of H-pyrrole nitrogens is 1. The molecule has 128 valence electrons. The molecule has 2 heterocycles. The molecule has 25 heavy (non-hydrogen) atoms. The van der Waals surface area contributed by atoms with Crippen LogP contribution < -0.4 is 10.1 Å². The quantitative estimate of drug-likeness (QED) is 0.809. The Hall–Kier alpha value is -3.27. The number of carbonyl (C=O) groups excluding carboxylic acids is 2. The van der Waals surface area contributed by atoms with E-state index in [4.69, 9.17) is 11.2 Å². The van der Waals surface area contributed by atoms with Gasteiger partial charge in [0.1, 0.15) is 12.4 Å². The first-order chi connectivity index (χ1) is 12.2. The molecule has 7 nitrogen and oxygen atoms in total. The lowest BCUT2D eigenvalue weighted by atomic mass is 10.1. The van der Waals surface area contributed by atoms with Gasteiger partial charge < -0.3 is 15.0 Å². The average Bonchev–Trinajstić information content (AvgIpc) is 3.31. The second-order valence-corrected chi connectivity index (χ2v) is 5.73. The van der Waals surface area contributed by atoms with Crippen molar-refractivity contribution in [1.82, 2.24) is 15.1 Å². The fourth-order valence-electron chi connectivity index (χ4n) is 2.72. The van der Waals surface area contributed by atoms with Crippen LogP contribution in [-0.2, 0) is 4.79 Å². The highest BCUT2D eigenvalue weighted by Crippen LogP contribution is 2.21. The summed E-state index contributed by atoms with van der Waals surface area (Å²) in [6.45, 7) is 1.14. The Morgan fingerprint density at radius 2 is 2.20 bits per heavy atom. The molecular formula is C18H18N4O3. The lowest BCUT2D eigenvalue weighted by Crippen LogP contribution is -2.31. The molecule has 0 aliphatic carbocycles. The predicted molar refractivity (Wildman–Crippen MR) is 92.0 cm³/mol. The van der Waals surface area contributed by atoms with Gasteiger partial charge in [-0.15, -0.1) is 6.42 Å². The third-order valence-corrected chi connectivity index (χ3v) is 4.04. The number of nitrogens with one attached hydrogen (secondary N) is 2. The third-order valence-electron chi connectivity index (χ3n) is 4.04. The maximum Gasteiger partial charge on any atom is 0.253 e. The molecule has 0 saturated carbocycles. The lowest BCUT2D eigenvalue weighted by Gasteiger charge is -2.16. The van der Waals surface area contributed by atoms with Gasteiger partial charge in [0.2, 0.25) is 5.91 Å². The number of carbonyl (C=O) groups is 2. The van der Waals surface area contributed by atoms with Crippen LogP contribution in [0, 0.1) is 18.3 Å². The van der Waals surface area contributed by atoms with E-state index >= 15 is 0 Å². The maximum absolute atomic E-state index is 12.6. The van der Waals surface area contributed by atoms with Crippen molar-refractivity contribution in [2.24, 2.45) is 5.92 Å². The van der Waals surface area contributed by atoms with E-state index < -0.39 is 0 Å². The van der Waals surface area contributed by atoms with Crippen molar-refractivity contribution < 1.29 is 14.3 Å². The van der Waals surface area contributed by atoms with Crippen molar-refractivity contribution in [2.75, 3.05) is 25.0 Å². The fraction of sp³-hybridized carbons (Fsp3) is 0.278. The molecule has 2 N–H and O–H groups in total.